The predicted octanol–water partition coefficient (Wildman–Crippen LogP) is 3.01. The third-order valence-corrected chi connectivity index (χ3v) is 7.23. The molecule has 1 saturated heterocycles. The van der Waals surface area contributed by atoms with Crippen molar-refractivity contribution in [3.05, 3.63) is 57.6 Å². The number of nitrogens with one attached hydrogen (secondary N) is 1. The summed E-state index contributed by atoms with van der Waals surface area (Å²) in [6, 6.07) is 8.03. The molecule has 2 aromatic carbocycles. The number of carbonyl (C=O) groups is 1. The van der Waals surface area contributed by atoms with Gasteiger partial charge in [-0.15, -0.1) is 0 Å². The quantitative estimate of drug-likeness (QED) is 0.552. The van der Waals surface area contributed by atoms with E-state index in [0.717, 1.165) is 0 Å². The van der Waals surface area contributed by atoms with Crippen molar-refractivity contribution in [2.75, 3.05) is 19.0 Å². The number of nitrogens with zero attached hydrogens (tertiary/aromatic N) is 2. The molecule has 160 valence electrons. The highest BCUT2D eigenvalue weighted by molar-refractivity contribution is 7.89. The van der Waals surface area contributed by atoms with Gasteiger partial charge in [0.15, 0.2) is 0 Å². The molecule has 0 bridgehead atoms. The highest BCUT2D eigenvalue weighted by Gasteiger charge is 2.40. The van der Waals surface area contributed by atoms with Gasteiger partial charge in [-0.25, -0.2) is 8.42 Å². The number of non-ortho nitro benzene ring substituents is 1. The second-order valence-electron chi connectivity index (χ2n) is 7.15. The molecule has 1 aliphatic rings. The summed E-state index contributed by atoms with van der Waals surface area (Å²) < 4.78 is 32.9. The van der Waals surface area contributed by atoms with E-state index in [2.05, 4.69) is 5.32 Å². The molecule has 2 aromatic rings. The van der Waals surface area contributed by atoms with Gasteiger partial charge in [0.05, 0.1) is 22.6 Å². The number of aryl methyl sites for hydroxylation is 2. The zero-order valence-electron chi connectivity index (χ0n) is 16.9. The van der Waals surface area contributed by atoms with Gasteiger partial charge < -0.3 is 10.1 Å². The second-order valence-corrected chi connectivity index (χ2v) is 9.01. The van der Waals surface area contributed by atoms with Crippen LogP contribution < -0.4 is 10.1 Å². The number of nitro groups is 1. The largest absolute Gasteiger partial charge is 0.497 e. The fraction of sp³-hybridized carbons (Fsp3) is 0.350. The number of rotatable bonds is 6. The average molecular weight is 433 g/mol. The fourth-order valence-electron chi connectivity index (χ4n) is 3.48. The molecule has 0 aliphatic carbocycles. The Morgan fingerprint density at radius 2 is 1.90 bits per heavy atom. The molecule has 1 aliphatic heterocycles. The molecule has 0 radical (unpaired) electrons. The van der Waals surface area contributed by atoms with E-state index in [0.29, 0.717) is 29.7 Å². The summed E-state index contributed by atoms with van der Waals surface area (Å²) in [5.74, 6) is -0.105. The molecular weight excluding hydrogens is 410 g/mol. The lowest BCUT2D eigenvalue weighted by atomic mass is 10.1. The molecular formula is C20H23N3O6S. The lowest BCUT2D eigenvalue weighted by molar-refractivity contribution is -0.384. The third kappa shape index (κ3) is 4.14. The number of anilines is 1. The maximum atomic E-state index is 13.3. The van der Waals surface area contributed by atoms with Gasteiger partial charge in [-0.1, -0.05) is 12.1 Å². The minimum absolute atomic E-state index is 0.0908. The van der Waals surface area contributed by atoms with Crippen molar-refractivity contribution in [1.29, 1.82) is 0 Å². The van der Waals surface area contributed by atoms with Crippen LogP contribution in [0.25, 0.3) is 0 Å². The van der Waals surface area contributed by atoms with E-state index >= 15 is 0 Å². The van der Waals surface area contributed by atoms with Gasteiger partial charge >= 0.3 is 0 Å². The van der Waals surface area contributed by atoms with Crippen LogP contribution >= 0.6 is 0 Å². The van der Waals surface area contributed by atoms with Crippen molar-refractivity contribution in [3.8, 4) is 5.75 Å². The number of nitro benzene ring substituents is 1. The molecule has 0 saturated carbocycles. The van der Waals surface area contributed by atoms with Crippen molar-refractivity contribution in [2.24, 2.45) is 0 Å². The van der Waals surface area contributed by atoms with Crippen LogP contribution in [0.3, 0.4) is 0 Å². The van der Waals surface area contributed by atoms with Gasteiger partial charge in [-0.05, 0) is 43.9 Å². The Morgan fingerprint density at radius 3 is 2.57 bits per heavy atom. The molecule has 1 N–H and O–H groups in total. The van der Waals surface area contributed by atoms with Gasteiger partial charge in [-0.3, -0.25) is 14.9 Å². The number of hydrogen-bond donors (Lipinski definition) is 1. The molecule has 10 heteroatoms. The fourth-order valence-corrected chi connectivity index (χ4v) is 5.37. The molecule has 3 rings (SSSR count). The molecule has 1 atom stereocenters. The van der Waals surface area contributed by atoms with Gasteiger partial charge in [0, 0.05) is 24.7 Å². The van der Waals surface area contributed by atoms with E-state index in [1.165, 1.54) is 35.7 Å². The van der Waals surface area contributed by atoms with Crippen LogP contribution in [0.1, 0.15) is 24.0 Å². The minimum atomic E-state index is -3.94. The Labute approximate surface area is 174 Å². The predicted molar refractivity (Wildman–Crippen MR) is 111 cm³/mol. The van der Waals surface area contributed by atoms with E-state index in [-0.39, 0.29) is 22.8 Å². The van der Waals surface area contributed by atoms with Crippen molar-refractivity contribution in [2.45, 2.75) is 37.6 Å². The van der Waals surface area contributed by atoms with Gasteiger partial charge in [0.1, 0.15) is 11.8 Å². The second kappa shape index (κ2) is 8.41. The topological polar surface area (TPSA) is 119 Å². The third-order valence-electron chi connectivity index (χ3n) is 5.18. The average Bonchev–Trinajstić information content (AvgIpc) is 3.20. The van der Waals surface area contributed by atoms with Crippen molar-refractivity contribution >= 4 is 27.3 Å². The standard InChI is InChI=1S/C20H23N3O6S/c1-13-6-8-15(23(25)26)11-17(13)21-20(24)18-5-4-10-22(18)30(27,28)19-12-16(29-3)9-7-14(19)2/h6-9,11-12,18H,4-5,10H2,1-3H3,(H,21,24)/t18-/m1/s1. The Hall–Kier alpha value is -2.98. The van der Waals surface area contributed by atoms with E-state index in [1.54, 1.807) is 26.0 Å². The van der Waals surface area contributed by atoms with Crippen LogP contribution in [-0.4, -0.2) is 43.2 Å². The summed E-state index contributed by atoms with van der Waals surface area (Å²) >= 11 is 0. The Kier molecular flexibility index (Phi) is 6.09. The summed E-state index contributed by atoms with van der Waals surface area (Å²) in [6.45, 7) is 3.61. The first-order valence-electron chi connectivity index (χ1n) is 9.37. The zero-order valence-corrected chi connectivity index (χ0v) is 17.7. The first-order chi connectivity index (χ1) is 14.1. The molecule has 1 fully saturated rings. The zero-order chi connectivity index (χ0) is 22.1. The number of benzene rings is 2. The highest BCUT2D eigenvalue weighted by atomic mass is 32.2. The molecule has 0 spiro atoms. The Balaban J connectivity index is 1.90. The summed E-state index contributed by atoms with van der Waals surface area (Å²) in [5, 5.41) is 13.7. The summed E-state index contributed by atoms with van der Waals surface area (Å²) in [4.78, 5) is 23.5. The number of methoxy groups -OCH3 is 1. The van der Waals surface area contributed by atoms with Crippen molar-refractivity contribution in [3.63, 3.8) is 0 Å². The van der Waals surface area contributed by atoms with Crippen LogP contribution in [-0.2, 0) is 14.8 Å². The first-order valence-corrected chi connectivity index (χ1v) is 10.8. The molecule has 9 nitrogen and oxygen atoms in total. The lowest BCUT2D eigenvalue weighted by Crippen LogP contribution is -2.43. The number of hydrogen-bond acceptors (Lipinski definition) is 6. The SMILES string of the molecule is COc1ccc(C)c(S(=O)(=O)N2CCC[C@@H]2C(=O)Nc2cc([N+](=O)[O-])ccc2C)c1. The molecule has 30 heavy (non-hydrogen) atoms. The van der Waals surface area contributed by atoms with E-state index in [9.17, 15) is 23.3 Å². The summed E-state index contributed by atoms with van der Waals surface area (Å²) in [7, 11) is -2.48. The van der Waals surface area contributed by atoms with Crippen molar-refractivity contribution in [1.82, 2.24) is 4.31 Å². The van der Waals surface area contributed by atoms with Crippen LogP contribution in [0.4, 0.5) is 11.4 Å². The minimum Gasteiger partial charge on any atom is -0.497 e. The maximum Gasteiger partial charge on any atom is 0.271 e. The van der Waals surface area contributed by atoms with Gasteiger partial charge in [0.25, 0.3) is 5.69 Å². The summed E-state index contributed by atoms with van der Waals surface area (Å²) in [6.07, 6.45) is 0.899. The number of amides is 1. The van der Waals surface area contributed by atoms with E-state index in [1.807, 2.05) is 0 Å². The van der Waals surface area contributed by atoms with Gasteiger partial charge in [0.2, 0.25) is 15.9 Å². The highest BCUT2D eigenvalue weighted by Crippen LogP contribution is 2.31. The Morgan fingerprint density at radius 1 is 1.20 bits per heavy atom. The molecule has 1 heterocycles. The van der Waals surface area contributed by atoms with Crippen LogP contribution in [0.5, 0.6) is 5.75 Å². The van der Waals surface area contributed by atoms with Crippen LogP contribution in [0.15, 0.2) is 41.3 Å². The number of sulfonamides is 1. The monoisotopic (exact) mass is 433 g/mol. The van der Waals surface area contributed by atoms with Crippen molar-refractivity contribution < 1.29 is 22.9 Å². The Bertz CT molecular complexity index is 1100. The number of carbonyl (C=O) groups excluding carboxylic acids is 1. The normalized spacial score (nSPS) is 17.0. The molecule has 1 amide bonds. The molecule has 0 aromatic heterocycles. The lowest BCUT2D eigenvalue weighted by Gasteiger charge is -2.24. The first kappa shape index (κ1) is 21.7. The maximum absolute atomic E-state index is 13.3. The smallest absolute Gasteiger partial charge is 0.271 e. The number of ether oxygens (including phenoxy) is 1. The summed E-state index contributed by atoms with van der Waals surface area (Å²) in [5.41, 5.74) is 1.33. The molecule has 0 unspecified atom stereocenters. The van der Waals surface area contributed by atoms with E-state index in [4.69, 9.17) is 4.74 Å². The van der Waals surface area contributed by atoms with E-state index < -0.39 is 26.9 Å². The van der Waals surface area contributed by atoms with Crippen LogP contribution in [0, 0.1) is 24.0 Å². The van der Waals surface area contributed by atoms with Crippen LogP contribution in [0.2, 0.25) is 0 Å². The van der Waals surface area contributed by atoms with Gasteiger partial charge in [-0.2, -0.15) is 4.31 Å².